The number of anilines is 1. The average molecular weight is 560 g/mol. The number of rotatable bonds is 6. The molecular formula is C22H15BrCl2F2N2O2S. The average Bonchev–Trinajstić information content (AvgIpc) is 2.73. The fraction of sp³-hybridized carbons (Fsp3) is 0.136. The van der Waals surface area contributed by atoms with E-state index in [4.69, 9.17) is 23.2 Å². The highest BCUT2D eigenvalue weighted by Gasteiger charge is 2.34. The van der Waals surface area contributed by atoms with Crippen molar-refractivity contribution < 1.29 is 18.4 Å². The Labute approximate surface area is 206 Å². The van der Waals surface area contributed by atoms with Crippen molar-refractivity contribution in [3.63, 3.8) is 0 Å². The molecule has 0 saturated carbocycles. The van der Waals surface area contributed by atoms with Gasteiger partial charge in [0.2, 0.25) is 0 Å². The highest BCUT2D eigenvalue weighted by Crippen LogP contribution is 2.35. The van der Waals surface area contributed by atoms with Crippen LogP contribution in [0.4, 0.5) is 14.6 Å². The molecule has 166 valence electrons. The van der Waals surface area contributed by atoms with Crippen LogP contribution in [-0.4, -0.2) is 22.6 Å². The molecule has 10 heteroatoms. The number of benzene rings is 2. The van der Waals surface area contributed by atoms with Crippen molar-refractivity contribution >= 4 is 68.5 Å². The van der Waals surface area contributed by atoms with Gasteiger partial charge in [-0.15, -0.1) is 11.8 Å². The number of carbonyl (C=O) groups excluding carboxylic acids is 2. The SMILES string of the molecule is CCCSc1cc(Br)cnc1N(C(=O)c1c(F)cccc1Cl)C(=O)c1c(F)cccc1Cl. The van der Waals surface area contributed by atoms with Crippen molar-refractivity contribution in [2.45, 2.75) is 18.2 Å². The molecule has 0 bridgehead atoms. The number of amides is 2. The van der Waals surface area contributed by atoms with Gasteiger partial charge in [-0.1, -0.05) is 42.3 Å². The fourth-order valence-electron chi connectivity index (χ4n) is 2.81. The number of nitrogens with zero attached hydrogens (tertiary/aromatic N) is 2. The van der Waals surface area contributed by atoms with Crippen LogP contribution in [0.15, 0.2) is 58.0 Å². The molecule has 0 aliphatic carbocycles. The number of pyridine rings is 1. The largest absolute Gasteiger partial charge is 0.271 e. The highest BCUT2D eigenvalue weighted by molar-refractivity contribution is 9.10. The molecule has 0 aliphatic heterocycles. The molecule has 0 unspecified atom stereocenters. The van der Waals surface area contributed by atoms with E-state index in [-0.39, 0.29) is 15.9 Å². The molecule has 3 aromatic rings. The fourth-order valence-corrected chi connectivity index (χ4v) is 4.69. The van der Waals surface area contributed by atoms with Gasteiger partial charge in [-0.05, 0) is 58.4 Å². The minimum atomic E-state index is -1.09. The third-order valence-corrected chi connectivity index (χ3v) is 6.52. The lowest BCUT2D eigenvalue weighted by atomic mass is 10.1. The zero-order valence-electron chi connectivity index (χ0n) is 16.5. The van der Waals surface area contributed by atoms with Gasteiger partial charge in [0.25, 0.3) is 11.8 Å². The standard InChI is InChI=1S/C22H15BrCl2F2N2O2S/c1-2-9-32-17-10-12(23)11-28-20(17)29(21(30)18-13(24)5-3-7-15(18)26)22(31)19-14(25)6-4-8-16(19)27/h3-8,10-11H,2,9H2,1H3. The minimum absolute atomic E-state index is 0.0831. The van der Waals surface area contributed by atoms with E-state index >= 15 is 0 Å². The van der Waals surface area contributed by atoms with Crippen molar-refractivity contribution in [1.29, 1.82) is 0 Å². The lowest BCUT2D eigenvalue weighted by Gasteiger charge is -2.23. The van der Waals surface area contributed by atoms with Gasteiger partial charge >= 0.3 is 0 Å². The van der Waals surface area contributed by atoms with Gasteiger partial charge in [0.15, 0.2) is 5.82 Å². The predicted octanol–water partition coefficient (Wildman–Crippen LogP) is 7.42. The van der Waals surface area contributed by atoms with Crippen molar-refractivity contribution in [3.05, 3.63) is 85.9 Å². The lowest BCUT2D eigenvalue weighted by Crippen LogP contribution is -2.39. The highest BCUT2D eigenvalue weighted by atomic mass is 79.9. The molecule has 0 radical (unpaired) electrons. The van der Waals surface area contributed by atoms with Gasteiger partial charge < -0.3 is 0 Å². The summed E-state index contributed by atoms with van der Waals surface area (Å²) in [5.41, 5.74) is -1.07. The van der Waals surface area contributed by atoms with E-state index in [0.29, 0.717) is 20.0 Å². The predicted molar refractivity (Wildman–Crippen MR) is 127 cm³/mol. The van der Waals surface area contributed by atoms with E-state index < -0.39 is 34.6 Å². The summed E-state index contributed by atoms with van der Waals surface area (Å²) in [6.07, 6.45) is 2.18. The van der Waals surface area contributed by atoms with Gasteiger partial charge in [0.1, 0.15) is 11.6 Å². The lowest BCUT2D eigenvalue weighted by molar-refractivity contribution is 0.0892. The van der Waals surface area contributed by atoms with Gasteiger partial charge in [0, 0.05) is 10.7 Å². The summed E-state index contributed by atoms with van der Waals surface area (Å²) >= 11 is 16.8. The number of aromatic nitrogens is 1. The summed E-state index contributed by atoms with van der Waals surface area (Å²) in [7, 11) is 0. The Balaban J connectivity index is 2.26. The molecular weight excluding hydrogens is 545 g/mol. The maximum absolute atomic E-state index is 14.6. The summed E-state index contributed by atoms with van der Waals surface area (Å²) in [6.45, 7) is 1.96. The van der Waals surface area contributed by atoms with E-state index in [0.717, 1.165) is 18.6 Å². The monoisotopic (exact) mass is 558 g/mol. The summed E-state index contributed by atoms with van der Waals surface area (Å²) in [4.78, 5) is 32.3. The maximum atomic E-state index is 14.6. The summed E-state index contributed by atoms with van der Waals surface area (Å²) in [6, 6.07) is 9.04. The zero-order valence-corrected chi connectivity index (χ0v) is 20.5. The molecule has 3 rings (SSSR count). The van der Waals surface area contributed by atoms with Crippen molar-refractivity contribution in [2.24, 2.45) is 0 Å². The first-order chi connectivity index (χ1) is 15.3. The molecule has 2 aromatic carbocycles. The Morgan fingerprint density at radius 2 is 1.56 bits per heavy atom. The quantitative estimate of drug-likeness (QED) is 0.233. The molecule has 4 nitrogen and oxygen atoms in total. The maximum Gasteiger partial charge on any atom is 0.271 e. The number of imide groups is 1. The van der Waals surface area contributed by atoms with Crippen molar-refractivity contribution in [3.8, 4) is 0 Å². The topological polar surface area (TPSA) is 50.3 Å². The Morgan fingerprint density at radius 1 is 1.03 bits per heavy atom. The van der Waals surface area contributed by atoms with E-state index in [1.807, 2.05) is 6.92 Å². The van der Waals surface area contributed by atoms with Gasteiger partial charge in [-0.3, -0.25) is 9.59 Å². The second-order valence-electron chi connectivity index (χ2n) is 6.46. The first kappa shape index (κ1) is 24.6. The van der Waals surface area contributed by atoms with Crippen LogP contribution in [0.5, 0.6) is 0 Å². The van der Waals surface area contributed by atoms with Gasteiger partial charge in [-0.25, -0.2) is 18.7 Å². The third kappa shape index (κ3) is 5.14. The molecule has 1 heterocycles. The zero-order chi connectivity index (χ0) is 23.4. The third-order valence-electron chi connectivity index (χ3n) is 4.23. The van der Waals surface area contributed by atoms with Crippen LogP contribution in [0.25, 0.3) is 0 Å². The molecule has 0 fully saturated rings. The van der Waals surface area contributed by atoms with Crippen LogP contribution in [-0.2, 0) is 0 Å². The summed E-state index contributed by atoms with van der Waals surface area (Å²) in [5.74, 6) is -3.47. The van der Waals surface area contributed by atoms with E-state index in [2.05, 4.69) is 20.9 Å². The second kappa shape index (κ2) is 10.7. The molecule has 1 aromatic heterocycles. The summed E-state index contributed by atoms with van der Waals surface area (Å²) in [5, 5.41) is -0.403. The van der Waals surface area contributed by atoms with E-state index in [9.17, 15) is 18.4 Å². The second-order valence-corrected chi connectivity index (χ2v) is 9.33. The van der Waals surface area contributed by atoms with E-state index in [1.54, 1.807) is 6.07 Å². The molecule has 0 atom stereocenters. The number of halogens is 5. The number of thioether (sulfide) groups is 1. The minimum Gasteiger partial charge on any atom is -0.268 e. The Hall–Kier alpha value is -2.00. The van der Waals surface area contributed by atoms with Crippen LogP contribution >= 0.6 is 50.9 Å². The van der Waals surface area contributed by atoms with Crippen LogP contribution in [0, 0.1) is 11.6 Å². The smallest absolute Gasteiger partial charge is 0.268 e. The molecule has 2 amide bonds. The molecule has 0 spiro atoms. The van der Waals surface area contributed by atoms with Gasteiger partial charge in [-0.2, -0.15) is 0 Å². The van der Waals surface area contributed by atoms with Gasteiger partial charge in [0.05, 0.1) is 26.1 Å². The van der Waals surface area contributed by atoms with Crippen LogP contribution in [0.2, 0.25) is 10.0 Å². The number of hydrogen-bond donors (Lipinski definition) is 0. The van der Waals surface area contributed by atoms with Crippen LogP contribution in [0.3, 0.4) is 0 Å². The number of hydrogen-bond acceptors (Lipinski definition) is 4. The first-order valence-electron chi connectivity index (χ1n) is 9.31. The Morgan fingerprint density at radius 3 is 2.03 bits per heavy atom. The number of carbonyl (C=O) groups is 2. The summed E-state index contributed by atoms with van der Waals surface area (Å²) < 4.78 is 29.8. The van der Waals surface area contributed by atoms with Crippen LogP contribution < -0.4 is 4.90 Å². The molecule has 0 saturated heterocycles. The molecule has 0 N–H and O–H groups in total. The molecule has 32 heavy (non-hydrogen) atoms. The Bertz CT molecular complexity index is 1090. The Kier molecular flexibility index (Phi) is 8.27. The van der Waals surface area contributed by atoms with Crippen molar-refractivity contribution in [1.82, 2.24) is 4.98 Å². The normalized spacial score (nSPS) is 10.8. The van der Waals surface area contributed by atoms with Crippen molar-refractivity contribution in [2.75, 3.05) is 10.7 Å². The molecule has 0 aliphatic rings. The van der Waals surface area contributed by atoms with Crippen LogP contribution in [0.1, 0.15) is 34.1 Å². The first-order valence-corrected chi connectivity index (χ1v) is 11.8. The van der Waals surface area contributed by atoms with E-state index in [1.165, 1.54) is 42.2 Å².